The Labute approximate surface area is 130 Å². The third-order valence-corrected chi connectivity index (χ3v) is 3.82. The molecule has 1 aliphatic rings. The van der Waals surface area contributed by atoms with Crippen LogP contribution in [0.1, 0.15) is 24.8 Å². The zero-order valence-electron chi connectivity index (χ0n) is 12.8. The van der Waals surface area contributed by atoms with Crippen LogP contribution in [0.2, 0.25) is 0 Å². The fourth-order valence-corrected chi connectivity index (χ4v) is 2.25. The summed E-state index contributed by atoms with van der Waals surface area (Å²) in [7, 11) is 1.50. The summed E-state index contributed by atoms with van der Waals surface area (Å²) in [6.45, 7) is 0.548. The number of amides is 2. The molecule has 1 aliphatic carbocycles. The standard InChI is InChI=1S/C16H23N3O3/c1-22-10-14(17)16(21)18-9-11-4-2-7-13(8-11)19-15(20)12-5-3-6-12/h2,4,7-8,12,14H,3,5-6,9-10,17H2,1H3,(H,18,21)(H,19,20). The van der Waals surface area contributed by atoms with E-state index in [1.807, 2.05) is 24.3 Å². The summed E-state index contributed by atoms with van der Waals surface area (Å²) >= 11 is 0. The molecule has 0 heterocycles. The topological polar surface area (TPSA) is 93.4 Å². The van der Waals surface area contributed by atoms with Crippen molar-refractivity contribution in [3.05, 3.63) is 29.8 Å². The van der Waals surface area contributed by atoms with E-state index in [0.29, 0.717) is 6.54 Å². The maximum atomic E-state index is 11.9. The Morgan fingerprint density at radius 2 is 2.18 bits per heavy atom. The van der Waals surface area contributed by atoms with E-state index in [4.69, 9.17) is 10.5 Å². The molecule has 6 heteroatoms. The van der Waals surface area contributed by atoms with Gasteiger partial charge in [-0.2, -0.15) is 0 Å². The average molecular weight is 305 g/mol. The molecule has 1 unspecified atom stereocenters. The Morgan fingerprint density at radius 3 is 2.82 bits per heavy atom. The van der Waals surface area contributed by atoms with Gasteiger partial charge in [0.2, 0.25) is 11.8 Å². The number of nitrogens with one attached hydrogen (secondary N) is 2. The molecule has 1 saturated carbocycles. The second-order valence-corrected chi connectivity index (χ2v) is 5.60. The predicted molar refractivity (Wildman–Crippen MR) is 84.1 cm³/mol. The Morgan fingerprint density at radius 1 is 1.41 bits per heavy atom. The summed E-state index contributed by atoms with van der Waals surface area (Å²) in [6.07, 6.45) is 3.07. The van der Waals surface area contributed by atoms with Gasteiger partial charge in [0.1, 0.15) is 6.04 Å². The molecule has 0 bridgehead atoms. The highest BCUT2D eigenvalue weighted by atomic mass is 16.5. The fourth-order valence-electron chi connectivity index (χ4n) is 2.25. The van der Waals surface area contributed by atoms with Crippen molar-refractivity contribution in [1.82, 2.24) is 5.32 Å². The number of benzene rings is 1. The SMILES string of the molecule is COCC(N)C(=O)NCc1cccc(NC(=O)C2CCC2)c1. The maximum absolute atomic E-state index is 11.9. The Bertz CT molecular complexity index is 529. The molecular weight excluding hydrogens is 282 g/mol. The first-order valence-corrected chi connectivity index (χ1v) is 7.52. The fraction of sp³-hybridized carbons (Fsp3) is 0.500. The monoisotopic (exact) mass is 305 g/mol. The van der Waals surface area contributed by atoms with E-state index in [2.05, 4.69) is 10.6 Å². The van der Waals surface area contributed by atoms with E-state index < -0.39 is 6.04 Å². The predicted octanol–water partition coefficient (Wildman–Crippen LogP) is 1.02. The van der Waals surface area contributed by atoms with Gasteiger partial charge < -0.3 is 21.1 Å². The molecule has 1 aromatic rings. The van der Waals surface area contributed by atoms with E-state index in [-0.39, 0.29) is 24.3 Å². The minimum absolute atomic E-state index is 0.0783. The molecule has 120 valence electrons. The van der Waals surface area contributed by atoms with Crippen LogP contribution in [0, 0.1) is 5.92 Å². The van der Waals surface area contributed by atoms with Gasteiger partial charge >= 0.3 is 0 Å². The number of carbonyl (C=O) groups is 2. The van der Waals surface area contributed by atoms with E-state index in [1.54, 1.807) is 0 Å². The van der Waals surface area contributed by atoms with Crippen molar-refractivity contribution in [2.24, 2.45) is 11.7 Å². The van der Waals surface area contributed by atoms with Crippen LogP contribution in [-0.4, -0.2) is 31.6 Å². The Kier molecular flexibility index (Phi) is 5.91. The molecule has 1 atom stereocenters. The zero-order chi connectivity index (χ0) is 15.9. The average Bonchev–Trinajstić information content (AvgIpc) is 2.43. The van der Waals surface area contributed by atoms with Crippen LogP contribution in [0.5, 0.6) is 0 Å². The van der Waals surface area contributed by atoms with Crippen molar-refractivity contribution in [2.45, 2.75) is 31.8 Å². The summed E-state index contributed by atoms with van der Waals surface area (Å²) in [5.41, 5.74) is 7.31. The Balaban J connectivity index is 1.85. The molecule has 2 rings (SSSR count). The van der Waals surface area contributed by atoms with Gasteiger partial charge in [-0.15, -0.1) is 0 Å². The summed E-state index contributed by atoms with van der Waals surface area (Å²) < 4.78 is 4.84. The second kappa shape index (κ2) is 7.91. The molecule has 0 spiro atoms. The molecular formula is C16H23N3O3. The summed E-state index contributed by atoms with van der Waals surface area (Å²) in [5, 5.41) is 5.67. The molecule has 0 radical (unpaired) electrons. The largest absolute Gasteiger partial charge is 0.383 e. The lowest BCUT2D eigenvalue weighted by molar-refractivity contribution is -0.123. The highest BCUT2D eigenvalue weighted by Gasteiger charge is 2.25. The smallest absolute Gasteiger partial charge is 0.239 e. The Hall–Kier alpha value is -1.92. The lowest BCUT2D eigenvalue weighted by Gasteiger charge is -2.24. The van der Waals surface area contributed by atoms with E-state index in [0.717, 1.165) is 30.5 Å². The lowest BCUT2D eigenvalue weighted by Crippen LogP contribution is -2.43. The highest BCUT2D eigenvalue weighted by molar-refractivity contribution is 5.93. The first kappa shape index (κ1) is 16.5. The first-order chi connectivity index (χ1) is 10.6. The van der Waals surface area contributed by atoms with Crippen LogP contribution in [0.25, 0.3) is 0 Å². The van der Waals surface area contributed by atoms with E-state index >= 15 is 0 Å². The molecule has 1 aromatic carbocycles. The number of hydrogen-bond donors (Lipinski definition) is 3. The van der Waals surface area contributed by atoms with Gasteiger partial charge in [0.25, 0.3) is 0 Å². The van der Waals surface area contributed by atoms with Crippen molar-refractivity contribution in [2.75, 3.05) is 19.0 Å². The van der Waals surface area contributed by atoms with E-state index in [1.165, 1.54) is 7.11 Å². The molecule has 2 amide bonds. The normalized spacial score (nSPS) is 15.7. The number of rotatable bonds is 7. The van der Waals surface area contributed by atoms with Gasteiger partial charge in [0, 0.05) is 25.3 Å². The number of carbonyl (C=O) groups excluding carboxylic acids is 2. The number of hydrogen-bond acceptors (Lipinski definition) is 4. The lowest BCUT2D eigenvalue weighted by atomic mass is 9.85. The third-order valence-electron chi connectivity index (χ3n) is 3.82. The van der Waals surface area contributed by atoms with Gasteiger partial charge in [-0.05, 0) is 30.5 Å². The molecule has 6 nitrogen and oxygen atoms in total. The maximum Gasteiger partial charge on any atom is 0.239 e. The molecule has 0 aromatic heterocycles. The number of anilines is 1. The molecule has 4 N–H and O–H groups in total. The van der Waals surface area contributed by atoms with Crippen LogP contribution >= 0.6 is 0 Å². The minimum atomic E-state index is -0.675. The highest BCUT2D eigenvalue weighted by Crippen LogP contribution is 2.27. The zero-order valence-corrected chi connectivity index (χ0v) is 12.8. The van der Waals surface area contributed by atoms with Crippen LogP contribution < -0.4 is 16.4 Å². The van der Waals surface area contributed by atoms with Crippen LogP contribution in [0.4, 0.5) is 5.69 Å². The van der Waals surface area contributed by atoms with Crippen molar-refractivity contribution in [1.29, 1.82) is 0 Å². The summed E-state index contributed by atoms with van der Waals surface area (Å²) in [4.78, 5) is 23.6. The van der Waals surface area contributed by atoms with Gasteiger partial charge in [0.15, 0.2) is 0 Å². The van der Waals surface area contributed by atoms with Crippen molar-refractivity contribution >= 4 is 17.5 Å². The number of nitrogens with two attached hydrogens (primary N) is 1. The number of ether oxygens (including phenoxy) is 1. The molecule has 22 heavy (non-hydrogen) atoms. The third kappa shape index (κ3) is 4.54. The van der Waals surface area contributed by atoms with Gasteiger partial charge in [0.05, 0.1) is 6.61 Å². The summed E-state index contributed by atoms with van der Waals surface area (Å²) in [5.74, 6) is -0.0317. The van der Waals surface area contributed by atoms with Crippen molar-refractivity contribution < 1.29 is 14.3 Å². The van der Waals surface area contributed by atoms with Crippen molar-refractivity contribution in [3.63, 3.8) is 0 Å². The van der Waals surface area contributed by atoms with E-state index in [9.17, 15) is 9.59 Å². The minimum Gasteiger partial charge on any atom is -0.383 e. The van der Waals surface area contributed by atoms with Crippen LogP contribution in [0.15, 0.2) is 24.3 Å². The molecule has 1 fully saturated rings. The van der Waals surface area contributed by atoms with Crippen LogP contribution in [0.3, 0.4) is 0 Å². The number of methoxy groups -OCH3 is 1. The van der Waals surface area contributed by atoms with Gasteiger partial charge in [-0.1, -0.05) is 18.6 Å². The summed E-state index contributed by atoms with van der Waals surface area (Å²) in [6, 6.07) is 6.78. The first-order valence-electron chi connectivity index (χ1n) is 7.52. The van der Waals surface area contributed by atoms with Crippen molar-refractivity contribution in [3.8, 4) is 0 Å². The second-order valence-electron chi connectivity index (χ2n) is 5.60. The van der Waals surface area contributed by atoms with Crippen LogP contribution in [-0.2, 0) is 20.9 Å². The molecule has 0 saturated heterocycles. The van der Waals surface area contributed by atoms with Gasteiger partial charge in [-0.25, -0.2) is 0 Å². The van der Waals surface area contributed by atoms with Gasteiger partial charge in [-0.3, -0.25) is 9.59 Å². The molecule has 0 aliphatic heterocycles. The quantitative estimate of drug-likeness (QED) is 0.701.